The van der Waals surface area contributed by atoms with Crippen LogP contribution in [0, 0.1) is 6.92 Å². The summed E-state index contributed by atoms with van der Waals surface area (Å²) in [7, 11) is 1.98. The Hall–Kier alpha value is -1.38. The second-order valence-corrected chi connectivity index (χ2v) is 2.62. The molecule has 2 heterocycles. The van der Waals surface area contributed by atoms with E-state index in [0.717, 1.165) is 17.1 Å². The summed E-state index contributed by atoms with van der Waals surface area (Å²) in [5.74, 6) is 0.835. The van der Waals surface area contributed by atoms with Crippen molar-refractivity contribution in [2.45, 2.75) is 6.92 Å². The first kappa shape index (κ1) is 6.34. The van der Waals surface area contributed by atoms with Gasteiger partial charge in [0.2, 0.25) is 0 Å². The molecule has 2 aromatic rings. The molecule has 0 unspecified atom stereocenters. The van der Waals surface area contributed by atoms with Gasteiger partial charge in [-0.3, -0.25) is 0 Å². The zero-order valence-electron chi connectivity index (χ0n) is 6.59. The summed E-state index contributed by atoms with van der Waals surface area (Å²) in [4.78, 5) is 3.12. The van der Waals surface area contributed by atoms with E-state index in [-0.39, 0.29) is 0 Å². The summed E-state index contributed by atoms with van der Waals surface area (Å²) in [6.45, 7) is 1.90. The van der Waals surface area contributed by atoms with E-state index in [1.54, 1.807) is 0 Å². The minimum Gasteiger partial charge on any atom is -0.394 e. The van der Waals surface area contributed by atoms with Gasteiger partial charge in [-0.1, -0.05) is 0 Å². The highest BCUT2D eigenvalue weighted by Crippen LogP contribution is 2.04. The molecule has 0 saturated heterocycles. The maximum Gasteiger partial charge on any atom is 0.488 e. The summed E-state index contributed by atoms with van der Waals surface area (Å²) >= 11 is 0. The third-order valence-electron chi connectivity index (χ3n) is 1.70. The van der Waals surface area contributed by atoms with Crippen molar-refractivity contribution in [1.29, 1.82) is 0 Å². The van der Waals surface area contributed by atoms with E-state index in [0.29, 0.717) is 0 Å². The lowest BCUT2D eigenvalue weighted by Gasteiger charge is -1.78. The number of nitrogens with one attached hydrogen (secondary N) is 1. The Morgan fingerprint density at radius 2 is 2.36 bits per heavy atom. The van der Waals surface area contributed by atoms with E-state index in [4.69, 9.17) is 4.42 Å². The van der Waals surface area contributed by atoms with Crippen LogP contribution in [0.4, 0.5) is 0 Å². The number of aromatic nitrogens is 2. The zero-order valence-corrected chi connectivity index (χ0v) is 6.59. The highest BCUT2D eigenvalue weighted by molar-refractivity contribution is 5.59. The first-order chi connectivity index (χ1) is 5.27. The van der Waals surface area contributed by atoms with E-state index in [9.17, 15) is 0 Å². The molecule has 3 heteroatoms. The predicted molar refractivity (Wildman–Crippen MR) is 38.7 cm³/mol. The molecule has 0 aliphatic rings. The van der Waals surface area contributed by atoms with Crippen LogP contribution in [0.1, 0.15) is 5.89 Å². The van der Waals surface area contributed by atoms with E-state index in [1.165, 1.54) is 0 Å². The van der Waals surface area contributed by atoms with Gasteiger partial charge in [-0.2, -0.15) is 0 Å². The lowest BCUT2D eigenvalue weighted by Crippen LogP contribution is -2.32. The average Bonchev–Trinajstić information content (AvgIpc) is 2.31. The second-order valence-electron chi connectivity index (χ2n) is 2.62. The van der Waals surface area contributed by atoms with Crippen molar-refractivity contribution in [3.05, 3.63) is 24.2 Å². The molecule has 0 bridgehead atoms. The maximum atomic E-state index is 5.37. The molecular formula is C8H10N2O+2. The molecule has 2 rings (SSSR count). The van der Waals surface area contributed by atoms with E-state index < -0.39 is 0 Å². The fraction of sp³-hybridized carbons (Fsp3) is 0.250. The van der Waals surface area contributed by atoms with Crippen LogP contribution < -0.4 is 9.55 Å². The van der Waals surface area contributed by atoms with Crippen molar-refractivity contribution >= 4 is 11.2 Å². The van der Waals surface area contributed by atoms with Crippen molar-refractivity contribution in [2.75, 3.05) is 0 Å². The largest absolute Gasteiger partial charge is 0.488 e. The zero-order chi connectivity index (χ0) is 7.84. The van der Waals surface area contributed by atoms with Crippen LogP contribution in [-0.2, 0) is 7.05 Å². The van der Waals surface area contributed by atoms with Gasteiger partial charge in [0.1, 0.15) is 7.05 Å². The topological polar surface area (TPSA) is 31.2 Å². The molecule has 0 atom stereocenters. The number of oxazole rings is 1. The number of hydrogen-bond donors (Lipinski definition) is 0. The molecule has 56 valence electrons. The van der Waals surface area contributed by atoms with Gasteiger partial charge in [0, 0.05) is 12.1 Å². The predicted octanol–water partition coefficient (Wildman–Crippen LogP) is 0.380. The quantitative estimate of drug-likeness (QED) is 0.499. The van der Waals surface area contributed by atoms with Crippen molar-refractivity contribution in [3.63, 3.8) is 0 Å². The molecule has 0 aliphatic heterocycles. The van der Waals surface area contributed by atoms with Gasteiger partial charge in [0.05, 0.1) is 6.92 Å². The standard InChI is InChI=1S/C8H9N2O/c1-6-9-8-7(11-6)4-3-5-10(8)2/h3-5H,1-2H3/q+1/p+1. The van der Waals surface area contributed by atoms with Crippen LogP contribution in [0.2, 0.25) is 0 Å². The van der Waals surface area contributed by atoms with Crippen LogP contribution in [0.15, 0.2) is 22.7 Å². The van der Waals surface area contributed by atoms with Gasteiger partial charge in [0.15, 0.2) is 6.20 Å². The Morgan fingerprint density at radius 3 is 3.09 bits per heavy atom. The summed E-state index contributed by atoms with van der Waals surface area (Å²) in [5.41, 5.74) is 1.91. The van der Waals surface area contributed by atoms with Crippen molar-refractivity contribution in [2.24, 2.45) is 7.05 Å². The Kier molecular flexibility index (Phi) is 1.18. The number of hydrogen-bond acceptors (Lipinski definition) is 1. The summed E-state index contributed by atoms with van der Waals surface area (Å²) in [5, 5.41) is 0. The summed E-state index contributed by atoms with van der Waals surface area (Å²) in [6, 6.07) is 3.90. The SMILES string of the molecule is Cc1[nH+]c2c(ccc[n+]2C)o1. The number of nitrogens with zero attached hydrogens (tertiary/aromatic N) is 1. The van der Waals surface area contributed by atoms with Crippen molar-refractivity contribution in [1.82, 2.24) is 0 Å². The van der Waals surface area contributed by atoms with E-state index >= 15 is 0 Å². The van der Waals surface area contributed by atoms with Crippen LogP contribution in [0.25, 0.3) is 11.2 Å². The number of fused-ring (bicyclic) bond motifs is 1. The summed E-state index contributed by atoms with van der Waals surface area (Å²) in [6.07, 6.45) is 1.98. The van der Waals surface area contributed by atoms with Crippen LogP contribution in [0.5, 0.6) is 0 Å². The number of rotatable bonds is 0. The smallest absolute Gasteiger partial charge is 0.394 e. The lowest BCUT2D eigenvalue weighted by atomic mass is 10.4. The Morgan fingerprint density at radius 1 is 1.55 bits per heavy atom. The molecular weight excluding hydrogens is 140 g/mol. The van der Waals surface area contributed by atoms with Gasteiger partial charge in [-0.25, -0.2) is 0 Å². The third-order valence-corrected chi connectivity index (χ3v) is 1.70. The highest BCUT2D eigenvalue weighted by atomic mass is 16.3. The molecule has 1 N–H and O–H groups in total. The van der Waals surface area contributed by atoms with Gasteiger partial charge in [-0.15, -0.1) is 9.55 Å². The molecule has 0 amide bonds. The second kappa shape index (κ2) is 2.05. The first-order valence-electron chi connectivity index (χ1n) is 3.54. The molecule has 0 aromatic carbocycles. The minimum atomic E-state index is 0.835. The van der Waals surface area contributed by atoms with Crippen molar-refractivity contribution < 1.29 is 14.0 Å². The normalized spacial score (nSPS) is 10.7. The molecule has 0 aliphatic carbocycles. The van der Waals surface area contributed by atoms with Crippen LogP contribution in [-0.4, -0.2) is 0 Å². The molecule has 11 heavy (non-hydrogen) atoms. The van der Waals surface area contributed by atoms with Crippen LogP contribution in [0.3, 0.4) is 0 Å². The van der Waals surface area contributed by atoms with Gasteiger partial charge >= 0.3 is 11.5 Å². The Balaban J connectivity index is 2.90. The number of aryl methyl sites for hydroxylation is 2. The molecule has 2 aromatic heterocycles. The Bertz CT molecular complexity index is 392. The molecule has 0 radical (unpaired) electrons. The summed E-state index contributed by atoms with van der Waals surface area (Å²) < 4.78 is 7.36. The fourth-order valence-corrected chi connectivity index (χ4v) is 1.18. The lowest BCUT2D eigenvalue weighted by molar-refractivity contribution is -0.682. The monoisotopic (exact) mass is 150 g/mol. The van der Waals surface area contributed by atoms with Gasteiger partial charge < -0.3 is 4.42 Å². The van der Waals surface area contributed by atoms with E-state index in [1.807, 2.05) is 36.9 Å². The molecule has 0 spiro atoms. The molecule has 0 fully saturated rings. The molecule has 0 saturated carbocycles. The first-order valence-corrected chi connectivity index (χ1v) is 3.54. The van der Waals surface area contributed by atoms with Gasteiger partial charge in [-0.05, 0) is 0 Å². The highest BCUT2D eigenvalue weighted by Gasteiger charge is 2.16. The van der Waals surface area contributed by atoms with Gasteiger partial charge in [0.25, 0.3) is 5.58 Å². The Labute approximate surface area is 64.3 Å². The van der Waals surface area contributed by atoms with Crippen molar-refractivity contribution in [3.8, 4) is 0 Å². The fourth-order valence-electron chi connectivity index (χ4n) is 1.18. The molecule has 3 nitrogen and oxygen atoms in total. The number of pyridine rings is 1. The third kappa shape index (κ3) is 0.888. The number of aromatic amines is 1. The average molecular weight is 150 g/mol. The minimum absolute atomic E-state index is 0.835. The van der Waals surface area contributed by atoms with E-state index in [2.05, 4.69) is 4.98 Å². The van der Waals surface area contributed by atoms with Crippen LogP contribution >= 0.6 is 0 Å². The number of H-pyrrole nitrogens is 1. The maximum absolute atomic E-state index is 5.37.